The van der Waals surface area contributed by atoms with Crippen LogP contribution in [0.25, 0.3) is 0 Å². The molecule has 0 aliphatic heterocycles. The fourth-order valence-electron chi connectivity index (χ4n) is 3.30. The number of anilines is 1. The Balaban J connectivity index is 2.00. The van der Waals surface area contributed by atoms with Crippen LogP contribution in [-0.2, 0) is 9.59 Å². The third kappa shape index (κ3) is 8.20. The summed E-state index contributed by atoms with van der Waals surface area (Å²) >= 11 is 0. The minimum absolute atomic E-state index is 0.0892. The molecule has 0 heterocycles. The van der Waals surface area contributed by atoms with Crippen molar-refractivity contribution in [3.05, 3.63) is 48.0 Å². The maximum absolute atomic E-state index is 12.7. The number of rotatable bonds is 13. The molecule has 0 fully saturated rings. The molecule has 0 aromatic heterocycles. The number of benzene rings is 2. The first-order valence-corrected chi connectivity index (χ1v) is 11.8. The van der Waals surface area contributed by atoms with Gasteiger partial charge in [-0.05, 0) is 45.0 Å². The molecule has 3 amide bonds. The van der Waals surface area contributed by atoms with Gasteiger partial charge in [-0.3, -0.25) is 25.2 Å². The molecule has 36 heavy (non-hydrogen) atoms. The normalized spacial score (nSPS) is 10.1. The van der Waals surface area contributed by atoms with E-state index in [-0.39, 0.29) is 37.3 Å². The second-order valence-electron chi connectivity index (χ2n) is 7.39. The summed E-state index contributed by atoms with van der Waals surface area (Å²) in [5.74, 6) is -0.311. The van der Waals surface area contributed by atoms with E-state index in [1.54, 1.807) is 24.3 Å². The van der Waals surface area contributed by atoms with E-state index in [1.807, 2.05) is 32.9 Å². The van der Waals surface area contributed by atoms with Crippen molar-refractivity contribution in [1.82, 2.24) is 10.9 Å². The number of hydrazine groups is 1. The third-order valence-corrected chi connectivity index (χ3v) is 4.87. The molecular weight excluding hydrogens is 464 g/mol. The van der Waals surface area contributed by atoms with E-state index in [4.69, 9.17) is 19.5 Å². The quantitative estimate of drug-likeness (QED) is 0.407. The zero-order valence-electron chi connectivity index (χ0n) is 20.8. The van der Waals surface area contributed by atoms with Gasteiger partial charge < -0.3 is 19.1 Å². The average Bonchev–Trinajstić information content (AvgIpc) is 2.88. The summed E-state index contributed by atoms with van der Waals surface area (Å²) < 4.78 is 16.9. The minimum Gasteiger partial charge on any atom is -0.490 e. The molecule has 0 unspecified atom stereocenters. The van der Waals surface area contributed by atoms with Crippen molar-refractivity contribution >= 4 is 23.4 Å². The van der Waals surface area contributed by atoms with E-state index in [9.17, 15) is 14.4 Å². The summed E-state index contributed by atoms with van der Waals surface area (Å²) in [4.78, 5) is 39.2. The van der Waals surface area contributed by atoms with Crippen LogP contribution < -0.4 is 30.0 Å². The van der Waals surface area contributed by atoms with E-state index < -0.39 is 11.8 Å². The standard InChI is InChI=1S/C26H32N4O6/c1-4-34-21-17-19(18-22(35-5-2)25(21)36-6-3)26(33)29-28-23(31)13-14-24(32)30(16-10-15-27)20-11-8-7-9-12-20/h7-9,11-12,17-18H,4-6,10,13-14,16H2,1-3H3,(H,28,31)(H,29,33). The molecule has 10 nitrogen and oxygen atoms in total. The summed E-state index contributed by atoms with van der Waals surface area (Å²) in [6, 6.07) is 14.0. The largest absolute Gasteiger partial charge is 0.490 e. The second kappa shape index (κ2) is 14.9. The van der Waals surface area contributed by atoms with Crippen molar-refractivity contribution in [3.8, 4) is 23.3 Å². The Hall–Kier alpha value is -4.26. The molecule has 0 saturated heterocycles. The lowest BCUT2D eigenvalue weighted by atomic mass is 10.1. The Morgan fingerprint density at radius 2 is 1.50 bits per heavy atom. The Kier molecular flexibility index (Phi) is 11.6. The molecule has 192 valence electrons. The van der Waals surface area contributed by atoms with Crippen LogP contribution in [-0.4, -0.2) is 44.1 Å². The maximum atomic E-state index is 12.7. The molecule has 10 heteroatoms. The van der Waals surface area contributed by atoms with Crippen LogP contribution in [0, 0.1) is 11.3 Å². The molecule has 0 aliphatic carbocycles. The summed E-state index contributed by atoms with van der Waals surface area (Å²) in [6.07, 6.45) is -0.0703. The number of nitriles is 1. The van der Waals surface area contributed by atoms with Crippen LogP contribution in [0.1, 0.15) is 50.4 Å². The summed E-state index contributed by atoms with van der Waals surface area (Å²) in [5.41, 5.74) is 5.53. The Labute approximate surface area is 211 Å². The Morgan fingerprint density at radius 1 is 0.889 bits per heavy atom. The fourth-order valence-corrected chi connectivity index (χ4v) is 3.30. The van der Waals surface area contributed by atoms with Crippen molar-refractivity contribution in [3.63, 3.8) is 0 Å². The fraction of sp³-hybridized carbons (Fsp3) is 0.385. The SMILES string of the molecule is CCOc1cc(C(=O)NNC(=O)CCC(=O)N(CCC#N)c2ccccc2)cc(OCC)c1OCC. The van der Waals surface area contributed by atoms with E-state index in [1.165, 1.54) is 17.0 Å². The first-order valence-electron chi connectivity index (χ1n) is 11.8. The zero-order valence-corrected chi connectivity index (χ0v) is 20.8. The first kappa shape index (κ1) is 28.0. The van der Waals surface area contributed by atoms with E-state index in [0.717, 1.165) is 0 Å². The predicted molar refractivity (Wildman–Crippen MR) is 134 cm³/mol. The number of carbonyl (C=O) groups is 3. The van der Waals surface area contributed by atoms with Gasteiger partial charge in [-0.1, -0.05) is 18.2 Å². The predicted octanol–water partition coefficient (Wildman–Crippen LogP) is 3.37. The maximum Gasteiger partial charge on any atom is 0.269 e. The number of ether oxygens (including phenoxy) is 3. The van der Waals surface area contributed by atoms with Crippen molar-refractivity contribution in [2.45, 2.75) is 40.0 Å². The molecule has 0 atom stereocenters. The Morgan fingerprint density at radius 3 is 2.06 bits per heavy atom. The van der Waals surface area contributed by atoms with Gasteiger partial charge in [-0.25, -0.2) is 0 Å². The van der Waals surface area contributed by atoms with Crippen molar-refractivity contribution in [1.29, 1.82) is 5.26 Å². The summed E-state index contributed by atoms with van der Waals surface area (Å²) in [6.45, 7) is 6.77. The molecule has 2 N–H and O–H groups in total. The molecule has 2 rings (SSSR count). The lowest BCUT2D eigenvalue weighted by molar-refractivity contribution is -0.125. The summed E-state index contributed by atoms with van der Waals surface area (Å²) in [5, 5.41) is 8.90. The number of para-hydroxylation sites is 1. The number of amides is 3. The van der Waals surface area contributed by atoms with Gasteiger partial charge in [0.15, 0.2) is 11.5 Å². The van der Waals surface area contributed by atoms with Gasteiger partial charge in [0.2, 0.25) is 17.6 Å². The smallest absolute Gasteiger partial charge is 0.269 e. The molecule has 2 aromatic carbocycles. The highest BCUT2D eigenvalue weighted by molar-refractivity contribution is 5.98. The highest BCUT2D eigenvalue weighted by Gasteiger charge is 2.20. The van der Waals surface area contributed by atoms with Crippen molar-refractivity contribution < 1.29 is 28.6 Å². The number of nitrogens with one attached hydrogen (secondary N) is 2. The van der Waals surface area contributed by atoms with Crippen molar-refractivity contribution in [2.24, 2.45) is 0 Å². The minimum atomic E-state index is -0.584. The molecule has 0 saturated carbocycles. The van der Waals surface area contributed by atoms with Crippen LogP contribution in [0.3, 0.4) is 0 Å². The van der Waals surface area contributed by atoms with Crippen LogP contribution >= 0.6 is 0 Å². The first-order chi connectivity index (χ1) is 17.4. The number of nitrogens with zero attached hydrogens (tertiary/aromatic N) is 2. The van der Waals surface area contributed by atoms with Crippen molar-refractivity contribution in [2.75, 3.05) is 31.3 Å². The highest BCUT2D eigenvalue weighted by atomic mass is 16.5. The van der Waals surface area contributed by atoms with Gasteiger partial charge in [0.05, 0.1) is 32.3 Å². The average molecular weight is 497 g/mol. The topological polar surface area (TPSA) is 130 Å². The van der Waals surface area contributed by atoms with Crippen LogP contribution in [0.15, 0.2) is 42.5 Å². The molecule has 0 radical (unpaired) electrons. The molecule has 0 aliphatic rings. The Bertz CT molecular complexity index is 1040. The lowest BCUT2D eigenvalue weighted by Gasteiger charge is -2.21. The van der Waals surface area contributed by atoms with Gasteiger partial charge in [0.25, 0.3) is 5.91 Å². The third-order valence-electron chi connectivity index (χ3n) is 4.87. The van der Waals surface area contributed by atoms with E-state index in [0.29, 0.717) is 42.8 Å². The molecule has 0 spiro atoms. The highest BCUT2D eigenvalue weighted by Crippen LogP contribution is 2.39. The lowest BCUT2D eigenvalue weighted by Crippen LogP contribution is -2.42. The number of carbonyl (C=O) groups excluding carboxylic acids is 3. The van der Waals surface area contributed by atoms with E-state index in [2.05, 4.69) is 10.9 Å². The molecule has 2 aromatic rings. The van der Waals surface area contributed by atoms with Crippen LogP contribution in [0.2, 0.25) is 0 Å². The zero-order chi connectivity index (χ0) is 26.3. The second-order valence-corrected chi connectivity index (χ2v) is 7.39. The van der Waals surface area contributed by atoms with Gasteiger partial charge in [-0.15, -0.1) is 0 Å². The van der Waals surface area contributed by atoms with Crippen LogP contribution in [0.5, 0.6) is 17.2 Å². The monoisotopic (exact) mass is 496 g/mol. The molecular formula is C26H32N4O6. The number of hydrogen-bond acceptors (Lipinski definition) is 7. The van der Waals surface area contributed by atoms with Gasteiger partial charge >= 0.3 is 0 Å². The molecule has 0 bridgehead atoms. The van der Waals surface area contributed by atoms with Gasteiger partial charge in [-0.2, -0.15) is 5.26 Å². The van der Waals surface area contributed by atoms with Gasteiger partial charge in [0, 0.05) is 30.6 Å². The van der Waals surface area contributed by atoms with Crippen LogP contribution in [0.4, 0.5) is 5.69 Å². The summed E-state index contributed by atoms with van der Waals surface area (Å²) in [7, 11) is 0. The van der Waals surface area contributed by atoms with E-state index >= 15 is 0 Å². The van der Waals surface area contributed by atoms with Gasteiger partial charge in [0.1, 0.15) is 0 Å². The number of hydrogen-bond donors (Lipinski definition) is 2.